The molecule has 0 saturated carbocycles. The third-order valence-corrected chi connectivity index (χ3v) is 3.75. The quantitative estimate of drug-likeness (QED) is 0.591. The number of aromatic nitrogens is 3. The first kappa shape index (κ1) is 14.0. The summed E-state index contributed by atoms with van der Waals surface area (Å²) in [4.78, 5) is 15.0. The molecule has 0 fully saturated rings. The van der Waals surface area contributed by atoms with Crippen molar-refractivity contribution in [2.24, 2.45) is 7.05 Å². The minimum absolute atomic E-state index is 0.0613. The lowest BCUT2D eigenvalue weighted by atomic mass is 10.1. The fraction of sp³-hybridized carbons (Fsp3) is 0.200. The molecule has 2 heterocycles. The van der Waals surface area contributed by atoms with Crippen LogP contribution in [0.5, 0.6) is 0 Å². The van der Waals surface area contributed by atoms with E-state index in [0.717, 1.165) is 16.9 Å². The van der Waals surface area contributed by atoms with Crippen LogP contribution in [0.1, 0.15) is 11.3 Å². The van der Waals surface area contributed by atoms with Gasteiger partial charge in [-0.3, -0.25) is 19.8 Å². The monoisotopic (exact) mass is 297 g/mol. The van der Waals surface area contributed by atoms with E-state index >= 15 is 0 Å². The van der Waals surface area contributed by atoms with Crippen LogP contribution in [0.2, 0.25) is 0 Å². The molecule has 0 aliphatic carbocycles. The molecule has 2 aromatic heterocycles. The van der Waals surface area contributed by atoms with E-state index in [2.05, 4.69) is 15.4 Å². The molecule has 3 rings (SSSR count). The predicted octanol–water partition coefficient (Wildman–Crippen LogP) is 2.80. The third kappa shape index (κ3) is 2.37. The molecule has 0 unspecified atom stereocenters. The first-order valence-corrected chi connectivity index (χ1v) is 6.81. The van der Waals surface area contributed by atoms with E-state index in [1.807, 2.05) is 24.9 Å². The molecular formula is C15H15N5O2. The van der Waals surface area contributed by atoms with Gasteiger partial charge in [0.05, 0.1) is 22.2 Å². The van der Waals surface area contributed by atoms with Crippen molar-refractivity contribution in [3.05, 3.63) is 58.0 Å². The summed E-state index contributed by atoms with van der Waals surface area (Å²) in [6.45, 7) is 2.58. The van der Waals surface area contributed by atoms with Gasteiger partial charge < -0.3 is 5.32 Å². The van der Waals surface area contributed by atoms with Crippen LogP contribution in [0.15, 0.2) is 36.7 Å². The molecule has 7 nitrogen and oxygen atoms in total. The largest absolute Gasteiger partial charge is 0.379 e. The van der Waals surface area contributed by atoms with Crippen LogP contribution in [0.4, 0.5) is 11.4 Å². The summed E-state index contributed by atoms with van der Waals surface area (Å²) in [6, 6.07) is 6.60. The van der Waals surface area contributed by atoms with Crippen molar-refractivity contribution in [3.63, 3.8) is 0 Å². The molecular weight excluding hydrogens is 282 g/mol. The van der Waals surface area contributed by atoms with Gasteiger partial charge in [0, 0.05) is 37.1 Å². The Morgan fingerprint density at radius 2 is 2.18 bits per heavy atom. The van der Waals surface area contributed by atoms with Crippen LogP contribution in [0.3, 0.4) is 0 Å². The van der Waals surface area contributed by atoms with Gasteiger partial charge in [-0.25, -0.2) is 0 Å². The van der Waals surface area contributed by atoms with Gasteiger partial charge in [-0.15, -0.1) is 0 Å². The molecule has 0 aliphatic heterocycles. The van der Waals surface area contributed by atoms with Gasteiger partial charge in [-0.1, -0.05) is 0 Å². The second kappa shape index (κ2) is 5.44. The topological polar surface area (TPSA) is 85.9 Å². The van der Waals surface area contributed by atoms with Crippen molar-refractivity contribution in [3.8, 4) is 0 Å². The Balaban J connectivity index is 1.96. The maximum atomic E-state index is 11.1. The number of non-ortho nitro benzene ring substituents is 1. The number of hydrogen-bond acceptors (Lipinski definition) is 5. The van der Waals surface area contributed by atoms with Gasteiger partial charge in [-0.2, -0.15) is 5.10 Å². The van der Waals surface area contributed by atoms with Gasteiger partial charge in [0.2, 0.25) is 0 Å². The second-order valence-corrected chi connectivity index (χ2v) is 5.02. The van der Waals surface area contributed by atoms with Crippen molar-refractivity contribution in [2.45, 2.75) is 13.5 Å². The van der Waals surface area contributed by atoms with E-state index < -0.39 is 0 Å². The molecule has 112 valence electrons. The summed E-state index contributed by atoms with van der Waals surface area (Å²) in [6.07, 6.45) is 3.44. The molecule has 0 bridgehead atoms. The summed E-state index contributed by atoms with van der Waals surface area (Å²) in [5, 5.41) is 19.1. The van der Waals surface area contributed by atoms with Crippen LogP contribution >= 0.6 is 0 Å². The zero-order valence-corrected chi connectivity index (χ0v) is 12.3. The van der Waals surface area contributed by atoms with Crippen LogP contribution in [-0.2, 0) is 13.6 Å². The lowest BCUT2D eigenvalue weighted by Gasteiger charge is -2.09. The number of nitrogens with one attached hydrogen (secondary N) is 1. The fourth-order valence-electron chi connectivity index (χ4n) is 2.37. The first-order chi connectivity index (χ1) is 10.6. The minimum atomic E-state index is -0.390. The summed E-state index contributed by atoms with van der Waals surface area (Å²) in [5.41, 5.74) is 3.57. The molecule has 3 aromatic rings. The number of aryl methyl sites for hydroxylation is 1. The van der Waals surface area contributed by atoms with E-state index in [0.29, 0.717) is 17.4 Å². The number of hydrogen-bond donors (Lipinski definition) is 1. The van der Waals surface area contributed by atoms with Gasteiger partial charge >= 0.3 is 0 Å². The molecule has 0 aliphatic rings. The average Bonchev–Trinajstić information content (AvgIpc) is 2.84. The zero-order chi connectivity index (χ0) is 15.7. The highest BCUT2D eigenvalue weighted by Crippen LogP contribution is 2.30. The van der Waals surface area contributed by atoms with Crippen LogP contribution in [-0.4, -0.2) is 19.7 Å². The molecule has 0 spiro atoms. The van der Waals surface area contributed by atoms with Gasteiger partial charge in [-0.05, 0) is 25.1 Å². The van der Waals surface area contributed by atoms with Gasteiger partial charge in [0.1, 0.15) is 5.52 Å². The molecule has 1 N–H and O–H groups in total. The molecule has 0 saturated heterocycles. The molecule has 0 radical (unpaired) electrons. The Morgan fingerprint density at radius 1 is 1.36 bits per heavy atom. The molecule has 1 aromatic carbocycles. The maximum Gasteiger partial charge on any atom is 0.278 e. The number of pyridine rings is 1. The summed E-state index contributed by atoms with van der Waals surface area (Å²) in [7, 11) is 1.89. The smallest absolute Gasteiger partial charge is 0.278 e. The van der Waals surface area contributed by atoms with Crippen molar-refractivity contribution >= 4 is 22.3 Å². The maximum absolute atomic E-state index is 11.1. The summed E-state index contributed by atoms with van der Waals surface area (Å²) in [5.74, 6) is 0. The summed E-state index contributed by atoms with van der Waals surface area (Å²) >= 11 is 0. The highest BCUT2D eigenvalue weighted by molar-refractivity contribution is 5.96. The number of benzene rings is 1. The number of nitro benzene ring substituents is 1. The van der Waals surface area contributed by atoms with E-state index in [4.69, 9.17) is 0 Å². The van der Waals surface area contributed by atoms with Crippen LogP contribution in [0, 0.1) is 17.0 Å². The van der Waals surface area contributed by atoms with E-state index in [9.17, 15) is 10.1 Å². The summed E-state index contributed by atoms with van der Waals surface area (Å²) < 4.78 is 1.81. The van der Waals surface area contributed by atoms with E-state index in [-0.39, 0.29) is 10.6 Å². The van der Waals surface area contributed by atoms with Gasteiger partial charge in [0.15, 0.2) is 0 Å². The zero-order valence-electron chi connectivity index (χ0n) is 12.3. The number of rotatable bonds is 4. The first-order valence-electron chi connectivity index (χ1n) is 6.81. The Morgan fingerprint density at radius 3 is 2.86 bits per heavy atom. The SMILES string of the molecule is Cc1c(CNc2ccc([N+](=O)[O-])c3cccnc23)cnn1C. The van der Waals surface area contributed by atoms with Crippen LogP contribution < -0.4 is 5.32 Å². The predicted molar refractivity (Wildman–Crippen MR) is 83.7 cm³/mol. The highest BCUT2D eigenvalue weighted by atomic mass is 16.6. The minimum Gasteiger partial charge on any atom is -0.379 e. The lowest BCUT2D eigenvalue weighted by molar-refractivity contribution is -0.383. The van der Waals surface area contributed by atoms with E-state index in [1.54, 1.807) is 24.4 Å². The number of fused-ring (bicyclic) bond motifs is 1. The number of nitrogens with zero attached hydrogens (tertiary/aromatic N) is 4. The number of nitro groups is 1. The van der Waals surface area contributed by atoms with Crippen molar-refractivity contribution < 1.29 is 4.92 Å². The van der Waals surface area contributed by atoms with Gasteiger partial charge in [0.25, 0.3) is 5.69 Å². The van der Waals surface area contributed by atoms with Crippen LogP contribution in [0.25, 0.3) is 10.9 Å². The Labute approximate surface area is 126 Å². The second-order valence-electron chi connectivity index (χ2n) is 5.02. The third-order valence-electron chi connectivity index (χ3n) is 3.75. The van der Waals surface area contributed by atoms with Crippen molar-refractivity contribution in [1.82, 2.24) is 14.8 Å². The standard InChI is InChI=1S/C15H15N5O2/c1-10-11(9-18-19(10)2)8-17-13-5-6-14(20(21)22)12-4-3-7-16-15(12)13/h3-7,9,17H,8H2,1-2H3. The molecule has 7 heteroatoms. The molecule has 0 amide bonds. The van der Waals surface area contributed by atoms with E-state index in [1.165, 1.54) is 6.07 Å². The average molecular weight is 297 g/mol. The normalized spacial score (nSPS) is 10.8. The lowest BCUT2D eigenvalue weighted by Crippen LogP contribution is -2.03. The van der Waals surface area contributed by atoms with Crippen molar-refractivity contribution in [1.29, 1.82) is 0 Å². The number of anilines is 1. The Kier molecular flexibility index (Phi) is 3.46. The fourth-order valence-corrected chi connectivity index (χ4v) is 2.37. The highest BCUT2D eigenvalue weighted by Gasteiger charge is 2.15. The molecule has 0 atom stereocenters. The Hall–Kier alpha value is -2.96. The molecule has 22 heavy (non-hydrogen) atoms. The Bertz CT molecular complexity index is 856. The van der Waals surface area contributed by atoms with Crippen molar-refractivity contribution in [2.75, 3.05) is 5.32 Å².